The monoisotopic (exact) mass is 384 g/mol. The third kappa shape index (κ3) is 3.55. The molecule has 0 aliphatic carbocycles. The lowest BCUT2D eigenvalue weighted by atomic mass is 9.89. The molecule has 0 saturated carbocycles. The Morgan fingerprint density at radius 1 is 1.00 bits per heavy atom. The minimum atomic E-state index is -0.433. The van der Waals surface area contributed by atoms with Crippen LogP contribution < -0.4 is 0 Å². The van der Waals surface area contributed by atoms with Crippen molar-refractivity contribution in [3.8, 4) is 0 Å². The van der Waals surface area contributed by atoms with Gasteiger partial charge in [0.2, 0.25) is 0 Å². The van der Waals surface area contributed by atoms with Crippen LogP contribution in [-0.2, 0) is 6.42 Å². The summed E-state index contributed by atoms with van der Waals surface area (Å²) in [6.07, 6.45) is 2.58. The maximum Gasteiger partial charge on any atom is 0.283 e. The van der Waals surface area contributed by atoms with Crippen molar-refractivity contribution < 1.29 is 9.72 Å². The molecule has 1 unspecified atom stereocenters. The third-order valence-electron chi connectivity index (χ3n) is 5.26. The lowest BCUT2D eigenvalue weighted by Gasteiger charge is -2.14. The molecule has 0 saturated heterocycles. The van der Waals surface area contributed by atoms with E-state index in [1.54, 1.807) is 36.4 Å². The van der Waals surface area contributed by atoms with Crippen LogP contribution in [0.4, 0.5) is 5.69 Å². The Balaban J connectivity index is 1.73. The lowest BCUT2D eigenvalue weighted by Crippen LogP contribution is -2.10. The Bertz CT molecular complexity index is 1200. The van der Waals surface area contributed by atoms with E-state index in [9.17, 15) is 14.9 Å². The van der Waals surface area contributed by atoms with Gasteiger partial charge in [-0.15, -0.1) is 0 Å². The van der Waals surface area contributed by atoms with E-state index in [4.69, 9.17) is 0 Å². The summed E-state index contributed by atoms with van der Waals surface area (Å²) in [4.78, 5) is 27.7. The number of hydrogen-bond donors (Lipinski definition) is 1. The quantitative estimate of drug-likeness (QED) is 0.265. The molecule has 29 heavy (non-hydrogen) atoms. The van der Waals surface area contributed by atoms with E-state index in [2.05, 4.69) is 4.98 Å². The van der Waals surface area contributed by atoms with Gasteiger partial charge in [0.1, 0.15) is 5.56 Å². The first-order valence-corrected chi connectivity index (χ1v) is 9.48. The summed E-state index contributed by atoms with van der Waals surface area (Å²) in [5.74, 6) is -0.462. The van der Waals surface area contributed by atoms with Crippen LogP contribution in [0.2, 0.25) is 0 Å². The van der Waals surface area contributed by atoms with E-state index in [-0.39, 0.29) is 23.0 Å². The van der Waals surface area contributed by atoms with Gasteiger partial charge in [-0.25, -0.2) is 0 Å². The molecule has 144 valence electrons. The van der Waals surface area contributed by atoms with Crippen molar-refractivity contribution in [2.75, 3.05) is 0 Å². The first-order chi connectivity index (χ1) is 14.1. The number of H-pyrrole nitrogens is 1. The predicted molar refractivity (Wildman–Crippen MR) is 113 cm³/mol. The smallest absolute Gasteiger partial charge is 0.283 e. The zero-order chi connectivity index (χ0) is 20.4. The van der Waals surface area contributed by atoms with E-state index in [0.29, 0.717) is 17.5 Å². The second-order valence-electron chi connectivity index (χ2n) is 7.16. The highest BCUT2D eigenvalue weighted by Gasteiger charge is 2.28. The summed E-state index contributed by atoms with van der Waals surface area (Å²) in [5, 5.41) is 13.1. The van der Waals surface area contributed by atoms with Gasteiger partial charge in [0.25, 0.3) is 5.69 Å². The minimum absolute atomic E-state index is 0.103. The maximum atomic E-state index is 12.9. The van der Waals surface area contributed by atoms with Crippen LogP contribution >= 0.6 is 0 Å². The van der Waals surface area contributed by atoms with Crippen LogP contribution in [0.5, 0.6) is 0 Å². The number of aromatic nitrogens is 1. The molecule has 0 bridgehead atoms. The zero-order valence-electron chi connectivity index (χ0n) is 16.0. The van der Waals surface area contributed by atoms with Crippen molar-refractivity contribution in [3.05, 3.63) is 111 Å². The molecule has 5 heteroatoms. The normalized spacial score (nSPS) is 12.0. The topological polar surface area (TPSA) is 76.0 Å². The van der Waals surface area contributed by atoms with Crippen molar-refractivity contribution in [1.82, 2.24) is 4.98 Å². The number of para-hydroxylation sites is 2. The number of aromatic amines is 1. The molecule has 0 aliphatic heterocycles. The lowest BCUT2D eigenvalue weighted by molar-refractivity contribution is -0.386. The van der Waals surface area contributed by atoms with Crippen molar-refractivity contribution in [1.29, 1.82) is 0 Å². The fraction of sp³-hybridized carbons (Fsp3) is 0.125. The van der Waals surface area contributed by atoms with Crippen LogP contribution in [0.15, 0.2) is 79.0 Å². The molecule has 1 N–H and O–H groups in total. The third-order valence-corrected chi connectivity index (χ3v) is 5.26. The fourth-order valence-electron chi connectivity index (χ4n) is 3.83. The summed E-state index contributed by atoms with van der Waals surface area (Å²) < 4.78 is 0. The minimum Gasteiger partial charge on any atom is -0.361 e. The van der Waals surface area contributed by atoms with Crippen LogP contribution in [0.1, 0.15) is 39.9 Å². The van der Waals surface area contributed by atoms with Crippen LogP contribution in [0.25, 0.3) is 10.9 Å². The predicted octanol–water partition coefficient (Wildman–Crippen LogP) is 5.65. The van der Waals surface area contributed by atoms with E-state index < -0.39 is 4.92 Å². The Labute approximate surface area is 168 Å². The summed E-state index contributed by atoms with van der Waals surface area (Å²) in [6, 6.07) is 21.7. The molecule has 0 aliphatic rings. The molecule has 0 radical (unpaired) electrons. The first kappa shape index (κ1) is 18.6. The molecule has 1 atom stereocenters. The average molecular weight is 384 g/mol. The number of hydrogen-bond acceptors (Lipinski definition) is 3. The second-order valence-corrected chi connectivity index (χ2v) is 7.16. The number of benzene rings is 3. The number of nitrogens with zero attached hydrogens (tertiary/aromatic N) is 1. The molecule has 0 spiro atoms. The van der Waals surface area contributed by atoms with Gasteiger partial charge in [0, 0.05) is 28.2 Å². The number of nitro groups is 1. The molecule has 0 amide bonds. The molecule has 4 rings (SSSR count). The van der Waals surface area contributed by atoms with Gasteiger partial charge in [-0.3, -0.25) is 14.9 Å². The summed E-state index contributed by atoms with van der Waals surface area (Å²) in [7, 11) is 0. The Hall–Kier alpha value is -3.73. The van der Waals surface area contributed by atoms with Gasteiger partial charge in [-0.2, -0.15) is 0 Å². The standard InChI is InChI=1S/C24H20N2O3/c1-16(14-18-15-25-22-13-6-5-10-20(18)22)19-11-7-12-21(23(19)26(28)29)24(27)17-8-3-2-4-9-17/h2-13,15-16,25H,14H2,1H3. The van der Waals surface area contributed by atoms with E-state index >= 15 is 0 Å². The van der Waals surface area contributed by atoms with E-state index in [1.807, 2.05) is 43.5 Å². The van der Waals surface area contributed by atoms with E-state index in [1.165, 1.54) is 6.07 Å². The van der Waals surface area contributed by atoms with Crippen molar-refractivity contribution in [2.24, 2.45) is 0 Å². The summed E-state index contributed by atoms with van der Waals surface area (Å²) >= 11 is 0. The number of carbonyl (C=O) groups excluding carboxylic acids is 1. The molecule has 5 nitrogen and oxygen atoms in total. The number of fused-ring (bicyclic) bond motifs is 1. The second kappa shape index (κ2) is 7.72. The number of carbonyl (C=O) groups is 1. The molecule has 3 aromatic carbocycles. The molecular weight excluding hydrogens is 364 g/mol. The highest BCUT2D eigenvalue weighted by Crippen LogP contribution is 2.34. The number of nitro benzene ring substituents is 1. The first-order valence-electron chi connectivity index (χ1n) is 9.48. The number of nitrogens with one attached hydrogen (secondary N) is 1. The van der Waals surface area contributed by atoms with Crippen molar-refractivity contribution >= 4 is 22.4 Å². The van der Waals surface area contributed by atoms with E-state index in [0.717, 1.165) is 16.5 Å². The van der Waals surface area contributed by atoms with Crippen LogP contribution in [-0.4, -0.2) is 15.7 Å². The summed E-state index contributed by atoms with van der Waals surface area (Å²) in [5.41, 5.74) is 3.18. The van der Waals surface area contributed by atoms with Gasteiger partial charge in [-0.05, 0) is 30.0 Å². The SMILES string of the molecule is CC(Cc1c[nH]c2ccccc12)c1cccc(C(=O)c2ccccc2)c1[N+](=O)[O-]. The summed E-state index contributed by atoms with van der Waals surface area (Å²) in [6.45, 7) is 1.96. The van der Waals surface area contributed by atoms with Gasteiger partial charge in [0.15, 0.2) is 5.78 Å². The molecule has 4 aromatic rings. The fourth-order valence-corrected chi connectivity index (χ4v) is 3.83. The Kier molecular flexibility index (Phi) is 4.96. The molecule has 0 fully saturated rings. The highest BCUT2D eigenvalue weighted by molar-refractivity contribution is 6.11. The zero-order valence-corrected chi connectivity index (χ0v) is 16.0. The molecule has 1 heterocycles. The van der Waals surface area contributed by atoms with Gasteiger partial charge >= 0.3 is 0 Å². The number of rotatable bonds is 6. The number of ketones is 1. The van der Waals surface area contributed by atoms with Gasteiger partial charge in [0.05, 0.1) is 4.92 Å². The Morgan fingerprint density at radius 3 is 2.48 bits per heavy atom. The van der Waals surface area contributed by atoms with Crippen molar-refractivity contribution in [3.63, 3.8) is 0 Å². The van der Waals surface area contributed by atoms with Crippen LogP contribution in [0, 0.1) is 10.1 Å². The maximum absolute atomic E-state index is 12.9. The highest BCUT2D eigenvalue weighted by atomic mass is 16.6. The van der Waals surface area contributed by atoms with Crippen LogP contribution in [0.3, 0.4) is 0 Å². The Morgan fingerprint density at radius 2 is 1.72 bits per heavy atom. The van der Waals surface area contributed by atoms with Crippen molar-refractivity contribution in [2.45, 2.75) is 19.3 Å². The molecular formula is C24H20N2O3. The average Bonchev–Trinajstić information content (AvgIpc) is 3.16. The van der Waals surface area contributed by atoms with Gasteiger partial charge in [-0.1, -0.05) is 67.6 Å². The largest absolute Gasteiger partial charge is 0.361 e. The van der Waals surface area contributed by atoms with Gasteiger partial charge < -0.3 is 4.98 Å². The molecule has 1 aromatic heterocycles.